The van der Waals surface area contributed by atoms with Crippen LogP contribution in [0, 0.1) is 0 Å². The lowest BCUT2D eigenvalue weighted by Crippen LogP contribution is -2.30. The van der Waals surface area contributed by atoms with Gasteiger partial charge in [-0.1, -0.05) is 0 Å². The predicted octanol–water partition coefficient (Wildman–Crippen LogP) is 1.25. The molecule has 1 atom stereocenters. The summed E-state index contributed by atoms with van der Waals surface area (Å²) >= 11 is 0. The molecule has 0 aromatic rings. The van der Waals surface area contributed by atoms with Gasteiger partial charge in [-0.3, -0.25) is 0 Å². The van der Waals surface area contributed by atoms with Crippen LogP contribution in [0.5, 0.6) is 0 Å². The number of hydrogen-bond acceptors (Lipinski definition) is 3. The fraction of sp³-hybridized carbons (Fsp3) is 1.00. The van der Waals surface area contributed by atoms with E-state index in [9.17, 15) is 0 Å². The predicted molar refractivity (Wildman–Crippen MR) is 49.9 cm³/mol. The highest BCUT2D eigenvalue weighted by molar-refractivity contribution is 6.71. The summed E-state index contributed by atoms with van der Waals surface area (Å²) in [5.74, 6) is 0. The molecule has 1 saturated heterocycles. The molecule has 0 bridgehead atoms. The molecule has 0 aliphatic carbocycles. The quantitative estimate of drug-likeness (QED) is 0.359. The van der Waals surface area contributed by atoms with Gasteiger partial charge in [0.15, 0.2) is 8.32 Å². The smallest absolute Gasteiger partial charge is 0.188 e. The van der Waals surface area contributed by atoms with Crippen molar-refractivity contribution in [2.45, 2.75) is 25.2 Å². The fourth-order valence-corrected chi connectivity index (χ4v) is 1.64. The van der Waals surface area contributed by atoms with Crippen LogP contribution in [0.3, 0.4) is 0 Å². The Balaban J connectivity index is 1.92. The zero-order valence-electron chi connectivity index (χ0n) is 8.13. The summed E-state index contributed by atoms with van der Waals surface area (Å²) in [6, 6.07) is 1.07. The van der Waals surface area contributed by atoms with Gasteiger partial charge in [0.1, 0.15) is 6.10 Å². The summed E-state index contributed by atoms with van der Waals surface area (Å²) in [7, 11) is 0.393. The van der Waals surface area contributed by atoms with E-state index in [1.54, 1.807) is 7.11 Å². The van der Waals surface area contributed by atoms with Crippen LogP contribution in [0.1, 0.15) is 0 Å². The van der Waals surface area contributed by atoms with Gasteiger partial charge in [-0.05, 0) is 19.1 Å². The van der Waals surface area contributed by atoms with Crippen LogP contribution in [-0.2, 0) is 13.9 Å². The van der Waals surface area contributed by atoms with Crippen LogP contribution in [0.2, 0.25) is 19.1 Å². The van der Waals surface area contributed by atoms with Gasteiger partial charge >= 0.3 is 0 Å². The Labute approximate surface area is 75.1 Å². The Bertz CT molecular complexity index is 134. The lowest BCUT2D eigenvalue weighted by molar-refractivity contribution is 0.125. The molecule has 72 valence electrons. The maximum atomic E-state index is 5.42. The Morgan fingerprint density at radius 3 is 2.67 bits per heavy atom. The summed E-state index contributed by atoms with van der Waals surface area (Å²) in [4.78, 5) is 0. The summed E-state index contributed by atoms with van der Waals surface area (Å²) in [5.41, 5.74) is 0. The van der Waals surface area contributed by atoms with E-state index in [4.69, 9.17) is 13.9 Å². The van der Waals surface area contributed by atoms with E-state index < -0.39 is 8.32 Å². The highest BCUT2D eigenvalue weighted by atomic mass is 28.4. The first kappa shape index (κ1) is 10.2. The highest BCUT2D eigenvalue weighted by Crippen LogP contribution is 2.12. The minimum atomic E-state index is -1.39. The molecule has 1 heterocycles. The molecule has 4 heteroatoms. The molecule has 12 heavy (non-hydrogen) atoms. The van der Waals surface area contributed by atoms with Crippen LogP contribution in [0.4, 0.5) is 0 Å². The Hall–Kier alpha value is 0.0969. The maximum Gasteiger partial charge on any atom is 0.188 e. The van der Waals surface area contributed by atoms with E-state index in [1.165, 1.54) is 0 Å². The molecule has 0 N–H and O–H groups in total. The molecule has 1 aliphatic heterocycles. The Kier molecular flexibility index (Phi) is 3.70. The topological polar surface area (TPSA) is 31.0 Å². The van der Waals surface area contributed by atoms with Crippen molar-refractivity contribution >= 4 is 8.32 Å². The maximum absolute atomic E-state index is 5.42. The van der Waals surface area contributed by atoms with Crippen molar-refractivity contribution in [3.8, 4) is 0 Å². The van der Waals surface area contributed by atoms with E-state index in [-0.39, 0.29) is 0 Å². The minimum absolute atomic E-state index is 0.386. The SMILES string of the molecule is CO[Si](C)(C)CCOCC1CO1. The van der Waals surface area contributed by atoms with Crippen molar-refractivity contribution in [3.63, 3.8) is 0 Å². The zero-order chi connectivity index (χ0) is 9.03. The van der Waals surface area contributed by atoms with Gasteiger partial charge < -0.3 is 13.9 Å². The number of epoxide rings is 1. The van der Waals surface area contributed by atoms with E-state index >= 15 is 0 Å². The second-order valence-corrected chi connectivity index (χ2v) is 8.17. The summed E-state index contributed by atoms with van der Waals surface area (Å²) in [6.45, 7) is 6.85. The van der Waals surface area contributed by atoms with Gasteiger partial charge in [-0.25, -0.2) is 0 Å². The molecule has 1 unspecified atom stereocenters. The second kappa shape index (κ2) is 4.37. The monoisotopic (exact) mass is 190 g/mol. The molecule has 1 aliphatic rings. The average Bonchev–Trinajstić information content (AvgIpc) is 2.82. The standard InChI is InChI=1S/C8H18O3Si/c1-9-12(2,3)5-4-10-6-8-7-11-8/h8H,4-7H2,1-3H3. The normalized spacial score (nSPS) is 22.8. The van der Waals surface area contributed by atoms with Crippen molar-refractivity contribution in [2.75, 3.05) is 26.9 Å². The van der Waals surface area contributed by atoms with Crippen LogP contribution >= 0.6 is 0 Å². The van der Waals surface area contributed by atoms with Gasteiger partial charge in [0, 0.05) is 13.7 Å². The van der Waals surface area contributed by atoms with Crippen LogP contribution < -0.4 is 0 Å². The largest absolute Gasteiger partial charge is 0.420 e. The molecule has 0 amide bonds. The van der Waals surface area contributed by atoms with Gasteiger partial charge in [-0.15, -0.1) is 0 Å². The molecule has 3 nitrogen and oxygen atoms in total. The van der Waals surface area contributed by atoms with Crippen molar-refractivity contribution < 1.29 is 13.9 Å². The minimum Gasteiger partial charge on any atom is -0.420 e. The third-order valence-electron chi connectivity index (χ3n) is 2.11. The van der Waals surface area contributed by atoms with E-state index in [2.05, 4.69) is 13.1 Å². The van der Waals surface area contributed by atoms with Crippen LogP contribution in [0.25, 0.3) is 0 Å². The first-order valence-corrected chi connectivity index (χ1v) is 7.50. The molecule has 0 saturated carbocycles. The lowest BCUT2D eigenvalue weighted by atomic mass is 10.5. The number of ether oxygens (including phenoxy) is 2. The first-order valence-electron chi connectivity index (χ1n) is 4.38. The van der Waals surface area contributed by atoms with Crippen molar-refractivity contribution in [1.82, 2.24) is 0 Å². The third-order valence-corrected chi connectivity index (χ3v) is 4.62. The van der Waals surface area contributed by atoms with Gasteiger partial charge in [0.05, 0.1) is 13.2 Å². The lowest BCUT2D eigenvalue weighted by Gasteiger charge is -2.19. The molecule has 1 rings (SSSR count). The van der Waals surface area contributed by atoms with Gasteiger partial charge in [0.25, 0.3) is 0 Å². The van der Waals surface area contributed by atoms with Crippen LogP contribution in [-0.4, -0.2) is 41.4 Å². The summed E-state index contributed by atoms with van der Waals surface area (Å²) in [5, 5.41) is 0. The first-order chi connectivity index (χ1) is 5.64. The fourth-order valence-electron chi connectivity index (χ4n) is 0.799. The molecule has 1 fully saturated rings. The summed E-state index contributed by atoms with van der Waals surface area (Å²) < 4.78 is 15.8. The van der Waals surface area contributed by atoms with E-state index in [1.807, 2.05) is 0 Å². The van der Waals surface area contributed by atoms with Crippen molar-refractivity contribution in [3.05, 3.63) is 0 Å². The molecular formula is C8H18O3Si. The number of hydrogen-bond donors (Lipinski definition) is 0. The zero-order valence-corrected chi connectivity index (χ0v) is 9.13. The molecular weight excluding hydrogens is 172 g/mol. The second-order valence-electron chi connectivity index (χ2n) is 3.74. The molecule has 0 aromatic heterocycles. The van der Waals surface area contributed by atoms with E-state index in [0.717, 1.165) is 25.9 Å². The van der Waals surface area contributed by atoms with Gasteiger partial charge in [-0.2, -0.15) is 0 Å². The molecule has 0 radical (unpaired) electrons. The van der Waals surface area contributed by atoms with Crippen molar-refractivity contribution in [1.29, 1.82) is 0 Å². The average molecular weight is 190 g/mol. The van der Waals surface area contributed by atoms with Gasteiger partial charge in [0.2, 0.25) is 0 Å². The molecule has 0 spiro atoms. The molecule has 0 aromatic carbocycles. The van der Waals surface area contributed by atoms with E-state index in [0.29, 0.717) is 6.10 Å². The third kappa shape index (κ3) is 4.20. The Morgan fingerprint density at radius 2 is 2.17 bits per heavy atom. The Morgan fingerprint density at radius 1 is 1.50 bits per heavy atom. The highest BCUT2D eigenvalue weighted by Gasteiger charge is 2.24. The number of rotatable bonds is 6. The van der Waals surface area contributed by atoms with Crippen LogP contribution in [0.15, 0.2) is 0 Å². The summed E-state index contributed by atoms with van der Waals surface area (Å²) in [6.07, 6.45) is 0.386. The van der Waals surface area contributed by atoms with Crippen molar-refractivity contribution in [2.24, 2.45) is 0 Å².